The highest BCUT2D eigenvalue weighted by Gasteiger charge is 2.33. The van der Waals surface area contributed by atoms with Gasteiger partial charge in [0.05, 0.1) is 18.1 Å². The fourth-order valence-electron chi connectivity index (χ4n) is 2.22. The minimum atomic E-state index is -0.495. The molecule has 17 heavy (non-hydrogen) atoms. The summed E-state index contributed by atoms with van der Waals surface area (Å²) in [5.74, 6) is -0.279. The zero-order valence-electron chi connectivity index (χ0n) is 9.38. The van der Waals surface area contributed by atoms with Crippen molar-refractivity contribution in [1.82, 2.24) is 0 Å². The lowest BCUT2D eigenvalue weighted by atomic mass is 9.78. The van der Waals surface area contributed by atoms with Crippen LogP contribution >= 0.6 is 15.9 Å². The first kappa shape index (κ1) is 12.5. The summed E-state index contributed by atoms with van der Waals surface area (Å²) in [6.45, 7) is 1.16. The molecule has 1 heterocycles. The molecule has 2 rings (SSSR count). The number of benzene rings is 1. The molecule has 1 fully saturated rings. The van der Waals surface area contributed by atoms with Gasteiger partial charge in [-0.05, 0) is 43.0 Å². The summed E-state index contributed by atoms with van der Waals surface area (Å²) < 4.78 is 19.4. The van der Waals surface area contributed by atoms with Gasteiger partial charge in [0.1, 0.15) is 5.82 Å². The molecular weight excluding hydrogens is 285 g/mol. The summed E-state index contributed by atoms with van der Waals surface area (Å²) in [6.07, 6.45) is 2.25. The van der Waals surface area contributed by atoms with Gasteiger partial charge in [0.15, 0.2) is 0 Å². The number of rotatable bonds is 2. The van der Waals surface area contributed by atoms with Crippen molar-refractivity contribution in [3.05, 3.63) is 34.1 Å². The third kappa shape index (κ3) is 3.05. The van der Waals surface area contributed by atoms with Crippen LogP contribution in [0.4, 0.5) is 4.39 Å². The van der Waals surface area contributed by atoms with Gasteiger partial charge in [-0.25, -0.2) is 4.39 Å². The van der Waals surface area contributed by atoms with Crippen molar-refractivity contribution >= 4 is 15.9 Å². The number of nitrogens with zero attached hydrogens (tertiary/aromatic N) is 1. The predicted octanol–water partition coefficient (Wildman–Crippen LogP) is 3.45. The lowest BCUT2D eigenvalue weighted by molar-refractivity contribution is 0.0223. The van der Waals surface area contributed by atoms with Crippen molar-refractivity contribution in [2.75, 3.05) is 13.2 Å². The Morgan fingerprint density at radius 3 is 2.88 bits per heavy atom. The molecule has 0 amide bonds. The number of halogens is 2. The quantitative estimate of drug-likeness (QED) is 0.838. The zero-order valence-corrected chi connectivity index (χ0v) is 11.0. The van der Waals surface area contributed by atoms with Crippen LogP contribution in [0.25, 0.3) is 0 Å². The molecule has 1 saturated heterocycles. The van der Waals surface area contributed by atoms with Crippen LogP contribution < -0.4 is 0 Å². The zero-order chi connectivity index (χ0) is 12.3. The smallest absolute Gasteiger partial charge is 0.124 e. The van der Waals surface area contributed by atoms with Gasteiger partial charge in [-0.3, -0.25) is 0 Å². The summed E-state index contributed by atoms with van der Waals surface area (Å²) in [5, 5.41) is 9.31. The van der Waals surface area contributed by atoms with Crippen molar-refractivity contribution in [3.8, 4) is 6.07 Å². The van der Waals surface area contributed by atoms with Gasteiger partial charge in [0.25, 0.3) is 0 Å². The van der Waals surface area contributed by atoms with E-state index >= 15 is 0 Å². The fraction of sp³-hybridized carbons (Fsp3) is 0.462. The fourth-order valence-corrected chi connectivity index (χ4v) is 2.74. The largest absolute Gasteiger partial charge is 0.380 e. The first-order chi connectivity index (χ1) is 8.13. The van der Waals surface area contributed by atoms with Gasteiger partial charge in [-0.15, -0.1) is 0 Å². The number of nitriles is 1. The lowest BCUT2D eigenvalue weighted by Gasteiger charge is -2.30. The molecule has 1 aromatic carbocycles. The molecule has 0 aliphatic carbocycles. The molecule has 2 nitrogen and oxygen atoms in total. The van der Waals surface area contributed by atoms with E-state index in [0.29, 0.717) is 17.5 Å². The van der Waals surface area contributed by atoms with Gasteiger partial charge in [0, 0.05) is 11.1 Å². The molecule has 0 bridgehead atoms. The number of ether oxygens (including phenoxy) is 1. The maximum absolute atomic E-state index is 13.3. The molecule has 0 spiro atoms. The Bertz CT molecular complexity index is 429. The molecule has 0 aromatic heterocycles. The van der Waals surface area contributed by atoms with Gasteiger partial charge in [0.2, 0.25) is 0 Å². The molecule has 1 aliphatic rings. The van der Waals surface area contributed by atoms with E-state index in [9.17, 15) is 9.65 Å². The predicted molar refractivity (Wildman–Crippen MR) is 65.9 cm³/mol. The lowest BCUT2D eigenvalue weighted by Crippen LogP contribution is -2.32. The Morgan fingerprint density at radius 1 is 1.47 bits per heavy atom. The molecule has 0 saturated carbocycles. The molecule has 1 aliphatic heterocycles. The first-order valence-corrected chi connectivity index (χ1v) is 6.37. The second-order valence-electron chi connectivity index (χ2n) is 4.50. The summed E-state index contributed by atoms with van der Waals surface area (Å²) in [4.78, 5) is 0. The van der Waals surface area contributed by atoms with E-state index < -0.39 is 5.41 Å². The molecule has 0 radical (unpaired) electrons. The van der Waals surface area contributed by atoms with E-state index in [1.807, 2.05) is 6.07 Å². The Labute approximate surface area is 109 Å². The summed E-state index contributed by atoms with van der Waals surface area (Å²) >= 11 is 3.26. The molecule has 90 valence electrons. The summed E-state index contributed by atoms with van der Waals surface area (Å²) in [5.41, 5.74) is 0.342. The van der Waals surface area contributed by atoms with Crippen LogP contribution in [-0.2, 0) is 11.2 Å². The highest BCUT2D eigenvalue weighted by atomic mass is 79.9. The molecule has 0 N–H and O–H groups in total. The average molecular weight is 298 g/mol. The van der Waals surface area contributed by atoms with E-state index in [1.165, 1.54) is 12.1 Å². The Morgan fingerprint density at radius 2 is 2.29 bits per heavy atom. The Kier molecular flexibility index (Phi) is 3.80. The second kappa shape index (κ2) is 5.16. The van der Waals surface area contributed by atoms with Crippen LogP contribution in [-0.4, -0.2) is 13.2 Å². The van der Waals surface area contributed by atoms with E-state index in [1.54, 1.807) is 0 Å². The van der Waals surface area contributed by atoms with Crippen LogP contribution in [0, 0.1) is 22.6 Å². The van der Waals surface area contributed by atoms with Crippen molar-refractivity contribution in [2.45, 2.75) is 19.3 Å². The maximum atomic E-state index is 13.3. The topological polar surface area (TPSA) is 33.0 Å². The van der Waals surface area contributed by atoms with E-state index in [4.69, 9.17) is 4.74 Å². The molecule has 1 unspecified atom stereocenters. The van der Waals surface area contributed by atoms with Crippen molar-refractivity contribution in [3.63, 3.8) is 0 Å². The highest BCUT2D eigenvalue weighted by molar-refractivity contribution is 9.10. The SMILES string of the molecule is N#CC1(Cc2cc(F)cc(Br)c2)CCCOC1. The van der Waals surface area contributed by atoms with Gasteiger partial charge in [-0.1, -0.05) is 15.9 Å². The Balaban J connectivity index is 2.21. The normalized spacial score (nSPS) is 24.3. The van der Waals surface area contributed by atoms with E-state index in [-0.39, 0.29) is 5.82 Å². The second-order valence-corrected chi connectivity index (χ2v) is 5.42. The van der Waals surface area contributed by atoms with Gasteiger partial charge in [-0.2, -0.15) is 5.26 Å². The van der Waals surface area contributed by atoms with Crippen LogP contribution in [0.15, 0.2) is 22.7 Å². The van der Waals surface area contributed by atoms with Crippen LogP contribution in [0.1, 0.15) is 18.4 Å². The molecule has 4 heteroatoms. The Hall–Kier alpha value is -0.920. The average Bonchev–Trinajstić information content (AvgIpc) is 2.29. The molecule has 1 aromatic rings. The summed E-state index contributed by atoms with van der Waals surface area (Å²) in [7, 11) is 0. The van der Waals surface area contributed by atoms with Gasteiger partial charge >= 0.3 is 0 Å². The van der Waals surface area contributed by atoms with E-state index in [0.717, 1.165) is 25.0 Å². The van der Waals surface area contributed by atoms with Crippen molar-refractivity contribution in [1.29, 1.82) is 5.26 Å². The van der Waals surface area contributed by atoms with Crippen molar-refractivity contribution in [2.24, 2.45) is 5.41 Å². The number of hydrogen-bond acceptors (Lipinski definition) is 2. The molecule has 1 atom stereocenters. The summed E-state index contributed by atoms with van der Waals surface area (Å²) in [6, 6.07) is 7.10. The number of hydrogen-bond donors (Lipinski definition) is 0. The third-order valence-corrected chi connectivity index (χ3v) is 3.48. The van der Waals surface area contributed by atoms with Crippen LogP contribution in [0.3, 0.4) is 0 Å². The van der Waals surface area contributed by atoms with Gasteiger partial charge < -0.3 is 4.74 Å². The minimum Gasteiger partial charge on any atom is -0.380 e. The maximum Gasteiger partial charge on any atom is 0.124 e. The first-order valence-electron chi connectivity index (χ1n) is 5.58. The van der Waals surface area contributed by atoms with Crippen LogP contribution in [0.2, 0.25) is 0 Å². The monoisotopic (exact) mass is 297 g/mol. The minimum absolute atomic E-state index is 0.279. The highest BCUT2D eigenvalue weighted by Crippen LogP contribution is 2.32. The molecular formula is C13H13BrFNO. The standard InChI is InChI=1S/C13H13BrFNO/c14-11-4-10(5-12(15)6-11)7-13(8-16)2-1-3-17-9-13/h4-6H,1-3,7,9H2. The van der Waals surface area contributed by atoms with E-state index in [2.05, 4.69) is 22.0 Å². The van der Waals surface area contributed by atoms with Crippen LogP contribution in [0.5, 0.6) is 0 Å². The van der Waals surface area contributed by atoms with Crippen molar-refractivity contribution < 1.29 is 9.13 Å². The third-order valence-electron chi connectivity index (χ3n) is 3.02.